The molecule has 2 N–H and O–H groups in total. The molecule has 4 aromatic rings. The van der Waals surface area contributed by atoms with Gasteiger partial charge in [0.05, 0.1) is 11.6 Å². The van der Waals surface area contributed by atoms with Gasteiger partial charge in [-0.2, -0.15) is 0 Å². The summed E-state index contributed by atoms with van der Waals surface area (Å²) in [5.74, 6) is -0.756. The van der Waals surface area contributed by atoms with Gasteiger partial charge in [-0.3, -0.25) is 0 Å². The third-order valence-corrected chi connectivity index (χ3v) is 4.84. The second kappa shape index (κ2) is 7.31. The summed E-state index contributed by atoms with van der Waals surface area (Å²) < 4.78 is 11.1. The smallest absolute Gasteiger partial charge is 0.355 e. The van der Waals surface area contributed by atoms with Gasteiger partial charge in [0, 0.05) is 34.0 Å². The molecule has 142 valence electrons. The molecule has 0 fully saturated rings. The average Bonchev–Trinajstić information content (AvgIpc) is 3.05. The summed E-state index contributed by atoms with van der Waals surface area (Å²) in [5, 5.41) is 12.0. The van der Waals surface area contributed by atoms with E-state index >= 15 is 0 Å². The van der Waals surface area contributed by atoms with Crippen molar-refractivity contribution in [1.29, 1.82) is 0 Å². The third kappa shape index (κ3) is 3.16. The summed E-state index contributed by atoms with van der Waals surface area (Å²) in [6, 6.07) is 12.3. The van der Waals surface area contributed by atoms with Gasteiger partial charge in [-0.15, -0.1) is 0 Å². The Bertz CT molecular complexity index is 1220. The van der Waals surface area contributed by atoms with Gasteiger partial charge in [0.1, 0.15) is 11.3 Å². The van der Waals surface area contributed by atoms with Crippen LogP contribution in [0.3, 0.4) is 0 Å². The molecule has 0 saturated heterocycles. The number of carboxylic acids is 1. The Labute approximate surface area is 169 Å². The molecule has 4 rings (SSSR count). The van der Waals surface area contributed by atoms with Crippen molar-refractivity contribution < 1.29 is 19.4 Å². The summed E-state index contributed by atoms with van der Waals surface area (Å²) >= 11 is 12.1. The quantitative estimate of drug-likeness (QED) is 0.438. The SMILES string of the molecule is COCc1c(C(=O)O)nc(Oc2ccc(Cl)cc2Cl)c2[nH]c3ccccc3c12. The number of halogens is 2. The first-order valence-corrected chi connectivity index (χ1v) is 9.03. The number of pyridine rings is 1. The number of benzene rings is 2. The van der Waals surface area contributed by atoms with Gasteiger partial charge in [0.2, 0.25) is 5.88 Å². The number of nitrogens with zero attached hydrogens (tertiary/aromatic N) is 1. The van der Waals surface area contributed by atoms with Crippen LogP contribution in [0.4, 0.5) is 0 Å². The number of H-pyrrole nitrogens is 1. The molecule has 0 unspecified atom stereocenters. The fourth-order valence-corrected chi connectivity index (χ4v) is 3.60. The van der Waals surface area contributed by atoms with Crippen molar-refractivity contribution in [2.75, 3.05) is 7.11 Å². The van der Waals surface area contributed by atoms with Crippen molar-refractivity contribution >= 4 is 51.0 Å². The van der Waals surface area contributed by atoms with E-state index in [-0.39, 0.29) is 23.2 Å². The molecule has 0 saturated carbocycles. The molecule has 8 heteroatoms. The molecule has 0 aliphatic carbocycles. The molecule has 0 spiro atoms. The van der Waals surface area contributed by atoms with Gasteiger partial charge in [-0.1, -0.05) is 41.4 Å². The number of carbonyl (C=O) groups is 1. The highest BCUT2D eigenvalue weighted by Gasteiger charge is 2.23. The number of rotatable bonds is 5. The van der Waals surface area contributed by atoms with Crippen LogP contribution >= 0.6 is 23.2 Å². The number of para-hydroxylation sites is 1. The molecule has 0 aliphatic rings. The number of ether oxygens (including phenoxy) is 2. The zero-order valence-electron chi connectivity index (χ0n) is 14.6. The van der Waals surface area contributed by atoms with E-state index in [4.69, 9.17) is 32.7 Å². The number of nitrogens with one attached hydrogen (secondary N) is 1. The lowest BCUT2D eigenvalue weighted by Gasteiger charge is -2.12. The predicted octanol–water partition coefficient (Wildman–Crippen LogP) is 5.66. The van der Waals surface area contributed by atoms with E-state index in [1.165, 1.54) is 13.2 Å². The number of carboxylic acid groups (broad SMARTS) is 1. The van der Waals surface area contributed by atoms with Gasteiger partial charge < -0.3 is 19.6 Å². The van der Waals surface area contributed by atoms with Crippen LogP contribution in [0.2, 0.25) is 10.0 Å². The van der Waals surface area contributed by atoms with E-state index in [9.17, 15) is 9.90 Å². The van der Waals surface area contributed by atoms with E-state index in [1.807, 2.05) is 24.3 Å². The molecule has 6 nitrogen and oxygen atoms in total. The molecule has 2 aromatic carbocycles. The largest absolute Gasteiger partial charge is 0.476 e. The lowest BCUT2D eigenvalue weighted by molar-refractivity contribution is 0.0684. The highest BCUT2D eigenvalue weighted by atomic mass is 35.5. The Morgan fingerprint density at radius 2 is 2.00 bits per heavy atom. The average molecular weight is 417 g/mol. The number of hydrogen-bond acceptors (Lipinski definition) is 4. The van der Waals surface area contributed by atoms with E-state index in [2.05, 4.69) is 9.97 Å². The normalized spacial score (nSPS) is 11.2. The van der Waals surface area contributed by atoms with Gasteiger partial charge in [-0.05, 0) is 24.3 Å². The van der Waals surface area contributed by atoms with Gasteiger partial charge in [0.25, 0.3) is 0 Å². The Hall–Kier alpha value is -2.80. The molecular formula is C20H14Cl2N2O4. The number of hydrogen-bond donors (Lipinski definition) is 2. The Kier molecular flexibility index (Phi) is 4.85. The maximum Gasteiger partial charge on any atom is 0.355 e. The fraction of sp³-hybridized carbons (Fsp3) is 0.100. The number of fused-ring (bicyclic) bond motifs is 3. The molecule has 28 heavy (non-hydrogen) atoms. The first-order valence-electron chi connectivity index (χ1n) is 8.28. The van der Waals surface area contributed by atoms with Crippen molar-refractivity contribution in [3.8, 4) is 11.6 Å². The zero-order chi connectivity index (χ0) is 19.8. The summed E-state index contributed by atoms with van der Waals surface area (Å²) in [5.41, 5.74) is 1.71. The predicted molar refractivity (Wildman–Crippen MR) is 108 cm³/mol. The molecule has 0 amide bonds. The summed E-state index contributed by atoms with van der Waals surface area (Å²) in [4.78, 5) is 19.4. The second-order valence-corrected chi connectivity index (χ2v) is 6.92. The van der Waals surface area contributed by atoms with E-state index in [0.29, 0.717) is 27.2 Å². The van der Waals surface area contributed by atoms with E-state index in [1.54, 1.807) is 12.1 Å². The fourth-order valence-electron chi connectivity index (χ4n) is 3.16. The summed E-state index contributed by atoms with van der Waals surface area (Å²) in [7, 11) is 1.50. The molecule has 0 atom stereocenters. The van der Waals surface area contributed by atoms with Crippen LogP contribution in [-0.2, 0) is 11.3 Å². The van der Waals surface area contributed by atoms with E-state index in [0.717, 1.165) is 10.9 Å². The third-order valence-electron chi connectivity index (χ3n) is 4.31. The molecule has 0 bridgehead atoms. The highest BCUT2D eigenvalue weighted by molar-refractivity contribution is 6.35. The minimum Gasteiger partial charge on any atom is -0.476 e. The topological polar surface area (TPSA) is 84.4 Å². The standard InChI is InChI=1S/C20H14Cl2N2O4/c1-27-9-12-16-11-4-2-3-5-14(11)23-18(16)19(24-17(12)20(25)26)28-15-7-6-10(21)8-13(15)22/h2-8,23H,9H2,1H3,(H,25,26). The van der Waals surface area contributed by atoms with Crippen molar-refractivity contribution in [1.82, 2.24) is 9.97 Å². The first-order chi connectivity index (χ1) is 13.5. The van der Waals surface area contributed by atoms with Gasteiger partial charge in [-0.25, -0.2) is 9.78 Å². The maximum atomic E-state index is 11.9. The minimum absolute atomic E-state index is 0.0922. The van der Waals surface area contributed by atoms with Crippen LogP contribution in [0.1, 0.15) is 16.1 Å². The highest BCUT2D eigenvalue weighted by Crippen LogP contribution is 2.38. The number of aromatic nitrogens is 2. The summed E-state index contributed by atoms with van der Waals surface area (Å²) in [6.45, 7) is 0.0922. The Morgan fingerprint density at radius 3 is 2.71 bits per heavy atom. The van der Waals surface area contributed by atoms with Crippen LogP contribution in [0.15, 0.2) is 42.5 Å². The van der Waals surface area contributed by atoms with E-state index < -0.39 is 5.97 Å². The minimum atomic E-state index is -1.17. The van der Waals surface area contributed by atoms with Crippen LogP contribution in [-0.4, -0.2) is 28.2 Å². The van der Waals surface area contributed by atoms with Crippen LogP contribution in [0.5, 0.6) is 11.6 Å². The molecule has 0 radical (unpaired) electrons. The van der Waals surface area contributed by atoms with Gasteiger partial charge >= 0.3 is 5.97 Å². The van der Waals surface area contributed by atoms with Crippen molar-refractivity contribution in [2.24, 2.45) is 0 Å². The lowest BCUT2D eigenvalue weighted by atomic mass is 10.1. The first kappa shape index (κ1) is 18.6. The maximum absolute atomic E-state index is 11.9. The molecule has 2 heterocycles. The summed E-state index contributed by atoms with van der Waals surface area (Å²) in [6.07, 6.45) is 0. The van der Waals surface area contributed by atoms with Crippen LogP contribution in [0, 0.1) is 0 Å². The monoisotopic (exact) mass is 416 g/mol. The van der Waals surface area contributed by atoms with Crippen LogP contribution in [0.25, 0.3) is 21.8 Å². The van der Waals surface area contributed by atoms with Crippen molar-refractivity contribution in [3.63, 3.8) is 0 Å². The number of aromatic carboxylic acids is 1. The molecule has 2 aromatic heterocycles. The van der Waals surface area contributed by atoms with Gasteiger partial charge in [0.15, 0.2) is 5.69 Å². The second-order valence-electron chi connectivity index (χ2n) is 6.08. The molecular weight excluding hydrogens is 403 g/mol. The number of aromatic amines is 1. The van der Waals surface area contributed by atoms with Crippen LogP contribution < -0.4 is 4.74 Å². The zero-order valence-corrected chi connectivity index (χ0v) is 16.1. The Morgan fingerprint density at radius 1 is 1.21 bits per heavy atom. The van der Waals surface area contributed by atoms with Crippen molar-refractivity contribution in [2.45, 2.75) is 6.61 Å². The number of methoxy groups -OCH3 is 1. The molecule has 0 aliphatic heterocycles. The Balaban J connectivity index is 2.03. The lowest BCUT2D eigenvalue weighted by Crippen LogP contribution is -2.08. The van der Waals surface area contributed by atoms with Crippen molar-refractivity contribution in [3.05, 3.63) is 63.8 Å².